The number of rotatable bonds is 3. The molecule has 0 fully saturated rings. The second-order valence-electron chi connectivity index (χ2n) is 3.78. The van der Waals surface area contributed by atoms with E-state index in [-0.39, 0.29) is 4.87 Å². The van der Waals surface area contributed by atoms with Gasteiger partial charge < -0.3 is 4.74 Å². The van der Waals surface area contributed by atoms with Gasteiger partial charge in [0.2, 0.25) is 0 Å². The Kier molecular flexibility index (Phi) is 3.73. The van der Waals surface area contributed by atoms with Crippen LogP contribution < -0.4 is 4.87 Å². The van der Waals surface area contributed by atoms with Crippen LogP contribution in [0.3, 0.4) is 0 Å². The molecular weight excluding hydrogens is 274 g/mol. The Morgan fingerprint density at radius 1 is 1.56 bits per heavy atom. The van der Waals surface area contributed by atoms with Gasteiger partial charge in [0.15, 0.2) is 0 Å². The fraction of sp³-hybridized carbons (Fsp3) is 0.333. The third-order valence-electron chi connectivity index (χ3n) is 2.59. The van der Waals surface area contributed by atoms with Crippen LogP contribution in [0.25, 0.3) is 10.2 Å². The van der Waals surface area contributed by atoms with Gasteiger partial charge >= 0.3 is 10.8 Å². The quantitative estimate of drug-likeness (QED) is 0.815. The second-order valence-corrected chi connectivity index (χ2v) is 5.21. The van der Waals surface area contributed by atoms with Crippen LogP contribution in [0, 0.1) is 0 Å². The molecule has 0 aliphatic heterocycles. The summed E-state index contributed by atoms with van der Waals surface area (Å²) in [6.07, 6.45) is 0. The molecule has 2 rings (SSSR count). The van der Waals surface area contributed by atoms with E-state index in [1.54, 1.807) is 32.0 Å². The maximum atomic E-state index is 11.9. The van der Waals surface area contributed by atoms with Gasteiger partial charge in [-0.05, 0) is 32.0 Å². The van der Waals surface area contributed by atoms with Crippen LogP contribution in [0.2, 0.25) is 5.02 Å². The van der Waals surface area contributed by atoms with E-state index in [2.05, 4.69) is 0 Å². The lowest BCUT2D eigenvalue weighted by Gasteiger charge is -2.12. The van der Waals surface area contributed by atoms with Crippen molar-refractivity contribution in [3.63, 3.8) is 0 Å². The Morgan fingerprint density at radius 3 is 2.94 bits per heavy atom. The van der Waals surface area contributed by atoms with E-state index < -0.39 is 12.0 Å². The highest BCUT2D eigenvalue weighted by Gasteiger charge is 2.21. The highest BCUT2D eigenvalue weighted by Crippen LogP contribution is 2.24. The summed E-state index contributed by atoms with van der Waals surface area (Å²) < 4.78 is 7.16. The summed E-state index contributed by atoms with van der Waals surface area (Å²) in [6, 6.07) is 4.53. The summed E-state index contributed by atoms with van der Waals surface area (Å²) in [5.41, 5.74) is 0.665. The number of carbonyl (C=O) groups excluding carboxylic acids is 1. The molecule has 1 heterocycles. The number of ether oxygens (including phenoxy) is 1. The second kappa shape index (κ2) is 5.12. The number of aromatic nitrogens is 1. The van der Waals surface area contributed by atoms with Gasteiger partial charge in [-0.3, -0.25) is 9.36 Å². The van der Waals surface area contributed by atoms with E-state index in [4.69, 9.17) is 16.3 Å². The van der Waals surface area contributed by atoms with Crippen molar-refractivity contribution in [2.75, 3.05) is 6.61 Å². The molecule has 2 aromatic rings. The van der Waals surface area contributed by atoms with Crippen LogP contribution in [-0.2, 0) is 9.53 Å². The summed E-state index contributed by atoms with van der Waals surface area (Å²) in [7, 11) is 0. The first kappa shape index (κ1) is 13.1. The smallest absolute Gasteiger partial charge is 0.328 e. The zero-order valence-corrected chi connectivity index (χ0v) is 11.5. The van der Waals surface area contributed by atoms with Crippen LogP contribution >= 0.6 is 22.9 Å². The van der Waals surface area contributed by atoms with Gasteiger partial charge in [-0.2, -0.15) is 0 Å². The lowest BCUT2D eigenvalue weighted by molar-refractivity contribution is -0.146. The summed E-state index contributed by atoms with van der Waals surface area (Å²) >= 11 is 7.01. The molecule has 0 saturated heterocycles. The number of hydrogen-bond acceptors (Lipinski definition) is 4. The van der Waals surface area contributed by atoms with Crippen LogP contribution in [-0.4, -0.2) is 17.1 Å². The van der Waals surface area contributed by atoms with Crippen molar-refractivity contribution in [2.24, 2.45) is 0 Å². The van der Waals surface area contributed by atoms with E-state index >= 15 is 0 Å². The number of thiazole rings is 1. The molecule has 18 heavy (non-hydrogen) atoms. The fourth-order valence-electron chi connectivity index (χ4n) is 1.74. The number of carbonyl (C=O) groups is 1. The van der Waals surface area contributed by atoms with Crippen LogP contribution in [0.15, 0.2) is 23.0 Å². The topological polar surface area (TPSA) is 48.3 Å². The molecule has 6 heteroatoms. The van der Waals surface area contributed by atoms with Crippen molar-refractivity contribution in [1.82, 2.24) is 4.57 Å². The van der Waals surface area contributed by atoms with Gasteiger partial charge in [0.25, 0.3) is 0 Å². The SMILES string of the molecule is CCOC(=O)C(C)n1c(=O)sc2ccc(Cl)cc21. The third kappa shape index (κ3) is 2.28. The molecule has 0 radical (unpaired) electrons. The average Bonchev–Trinajstić information content (AvgIpc) is 2.64. The van der Waals surface area contributed by atoms with Gasteiger partial charge in [-0.25, -0.2) is 4.79 Å². The monoisotopic (exact) mass is 285 g/mol. The Morgan fingerprint density at radius 2 is 2.28 bits per heavy atom. The summed E-state index contributed by atoms with van der Waals surface area (Å²) in [5, 5.41) is 0.533. The molecule has 1 aromatic heterocycles. The Hall–Kier alpha value is -1.33. The zero-order valence-electron chi connectivity index (χ0n) is 9.97. The molecule has 1 aromatic carbocycles. The Balaban J connectivity index is 2.56. The minimum Gasteiger partial charge on any atom is -0.464 e. The zero-order chi connectivity index (χ0) is 13.3. The number of halogens is 1. The van der Waals surface area contributed by atoms with E-state index in [0.29, 0.717) is 17.1 Å². The number of benzene rings is 1. The molecule has 4 nitrogen and oxygen atoms in total. The molecule has 1 atom stereocenters. The minimum absolute atomic E-state index is 0.187. The van der Waals surface area contributed by atoms with Gasteiger partial charge in [0.1, 0.15) is 6.04 Å². The molecule has 0 bridgehead atoms. The van der Waals surface area contributed by atoms with Gasteiger partial charge in [-0.1, -0.05) is 22.9 Å². The predicted octanol–water partition coefficient (Wildman–Crippen LogP) is 2.84. The largest absolute Gasteiger partial charge is 0.464 e. The first-order valence-electron chi connectivity index (χ1n) is 5.51. The minimum atomic E-state index is -0.648. The molecule has 96 valence electrons. The highest BCUT2D eigenvalue weighted by molar-refractivity contribution is 7.16. The Labute approximate surface area is 113 Å². The maximum Gasteiger partial charge on any atom is 0.328 e. The van der Waals surface area contributed by atoms with E-state index in [1.807, 2.05) is 0 Å². The van der Waals surface area contributed by atoms with Crippen LogP contribution in [0.4, 0.5) is 0 Å². The van der Waals surface area contributed by atoms with E-state index in [9.17, 15) is 9.59 Å². The van der Waals surface area contributed by atoms with Gasteiger partial charge in [0, 0.05) is 5.02 Å². The molecule has 0 saturated carbocycles. The molecule has 0 N–H and O–H groups in total. The average molecular weight is 286 g/mol. The number of hydrogen-bond donors (Lipinski definition) is 0. The van der Waals surface area contributed by atoms with Crippen molar-refractivity contribution in [3.8, 4) is 0 Å². The molecule has 0 spiro atoms. The normalized spacial score (nSPS) is 12.6. The van der Waals surface area contributed by atoms with Crippen LogP contribution in [0.1, 0.15) is 19.9 Å². The number of esters is 1. The summed E-state index contributed by atoms with van der Waals surface area (Å²) in [5.74, 6) is -0.417. The van der Waals surface area contributed by atoms with Crippen molar-refractivity contribution in [3.05, 3.63) is 32.9 Å². The Bertz CT molecular complexity index is 646. The standard InChI is InChI=1S/C12H12ClNO3S/c1-3-17-11(15)7(2)14-9-6-8(13)4-5-10(9)18-12(14)16/h4-7H,3H2,1-2H3. The molecule has 1 unspecified atom stereocenters. The summed E-state index contributed by atoms with van der Waals surface area (Å²) in [4.78, 5) is 23.5. The molecule has 0 aliphatic rings. The van der Waals surface area contributed by atoms with Gasteiger partial charge in [-0.15, -0.1) is 0 Å². The van der Waals surface area contributed by atoms with Crippen molar-refractivity contribution in [1.29, 1.82) is 0 Å². The van der Waals surface area contributed by atoms with Crippen molar-refractivity contribution >= 4 is 39.1 Å². The lowest BCUT2D eigenvalue weighted by Crippen LogP contribution is -2.25. The first-order valence-corrected chi connectivity index (χ1v) is 6.71. The molecule has 0 amide bonds. The lowest BCUT2D eigenvalue weighted by atomic mass is 10.3. The predicted molar refractivity (Wildman–Crippen MR) is 72.4 cm³/mol. The number of nitrogens with zero attached hydrogens (tertiary/aromatic N) is 1. The molecule has 0 aliphatic carbocycles. The van der Waals surface area contributed by atoms with Crippen LogP contribution in [0.5, 0.6) is 0 Å². The highest BCUT2D eigenvalue weighted by atomic mass is 35.5. The van der Waals surface area contributed by atoms with Gasteiger partial charge in [0.05, 0.1) is 16.8 Å². The van der Waals surface area contributed by atoms with Crippen molar-refractivity contribution in [2.45, 2.75) is 19.9 Å². The van der Waals surface area contributed by atoms with Crippen molar-refractivity contribution < 1.29 is 9.53 Å². The third-order valence-corrected chi connectivity index (χ3v) is 3.76. The number of fused-ring (bicyclic) bond motifs is 1. The summed E-state index contributed by atoms with van der Waals surface area (Å²) in [6.45, 7) is 3.67. The maximum absolute atomic E-state index is 11.9. The fourth-order valence-corrected chi connectivity index (χ4v) is 2.85. The van der Waals surface area contributed by atoms with E-state index in [1.165, 1.54) is 4.57 Å². The van der Waals surface area contributed by atoms with E-state index in [0.717, 1.165) is 16.0 Å². The first-order chi connectivity index (χ1) is 8.54. The molecular formula is C12H12ClNO3S.